The molecule has 0 fully saturated rings. The molecule has 4 heteroatoms. The van der Waals surface area contributed by atoms with Gasteiger partial charge in [0.15, 0.2) is 0 Å². The molecule has 94 valence electrons. The normalized spacial score (nSPS) is 14.1. The van der Waals surface area contributed by atoms with E-state index in [0.29, 0.717) is 19.5 Å². The minimum absolute atomic E-state index is 0.000637. The van der Waals surface area contributed by atoms with Gasteiger partial charge < -0.3 is 10.6 Å². The van der Waals surface area contributed by atoms with E-state index < -0.39 is 5.54 Å². The smallest absolute Gasteiger partial charge is 0.242 e. The molecule has 0 saturated heterocycles. The molecule has 0 radical (unpaired) electrons. The van der Waals surface area contributed by atoms with E-state index in [2.05, 4.69) is 4.98 Å². The van der Waals surface area contributed by atoms with Crippen LogP contribution < -0.4 is 5.73 Å². The maximum absolute atomic E-state index is 12.2. The second kappa shape index (κ2) is 5.77. The number of likely N-dealkylation sites (N-methyl/N-ethyl adjacent to an activating group) is 1. The van der Waals surface area contributed by atoms with E-state index in [1.165, 1.54) is 0 Å². The van der Waals surface area contributed by atoms with E-state index >= 15 is 0 Å². The Morgan fingerprint density at radius 1 is 1.41 bits per heavy atom. The summed E-state index contributed by atoms with van der Waals surface area (Å²) in [6.45, 7) is 6.92. The van der Waals surface area contributed by atoms with Crippen molar-refractivity contribution in [2.24, 2.45) is 5.73 Å². The van der Waals surface area contributed by atoms with Crippen LogP contribution in [0, 0.1) is 0 Å². The first kappa shape index (κ1) is 13.6. The predicted molar refractivity (Wildman–Crippen MR) is 68.2 cm³/mol. The molecule has 0 aliphatic heterocycles. The van der Waals surface area contributed by atoms with E-state index in [1.807, 2.05) is 26.0 Å². The second-order valence-electron chi connectivity index (χ2n) is 4.45. The first-order valence-corrected chi connectivity index (χ1v) is 5.98. The summed E-state index contributed by atoms with van der Waals surface area (Å²) in [5.74, 6) is -0.000637. The van der Waals surface area contributed by atoms with Gasteiger partial charge in [-0.2, -0.15) is 0 Å². The van der Waals surface area contributed by atoms with E-state index in [4.69, 9.17) is 5.73 Å². The van der Waals surface area contributed by atoms with Crippen LogP contribution in [0.15, 0.2) is 24.5 Å². The van der Waals surface area contributed by atoms with Gasteiger partial charge in [-0.05, 0) is 38.0 Å². The highest BCUT2D eigenvalue weighted by atomic mass is 16.2. The Kier molecular flexibility index (Phi) is 4.63. The Balaban J connectivity index is 2.76. The second-order valence-corrected chi connectivity index (χ2v) is 4.45. The molecule has 0 aliphatic rings. The summed E-state index contributed by atoms with van der Waals surface area (Å²) in [5, 5.41) is 0. The summed E-state index contributed by atoms with van der Waals surface area (Å²) in [6.07, 6.45) is 4.10. The fraction of sp³-hybridized carbons (Fsp3) is 0.538. The summed E-state index contributed by atoms with van der Waals surface area (Å²) >= 11 is 0. The summed E-state index contributed by atoms with van der Waals surface area (Å²) < 4.78 is 0. The summed E-state index contributed by atoms with van der Waals surface area (Å²) in [4.78, 5) is 18.0. The number of pyridine rings is 1. The lowest BCUT2D eigenvalue weighted by Gasteiger charge is -2.30. The zero-order chi connectivity index (χ0) is 12.9. The minimum Gasteiger partial charge on any atom is -0.337 e. The zero-order valence-electron chi connectivity index (χ0n) is 10.8. The van der Waals surface area contributed by atoms with Gasteiger partial charge in [0.1, 0.15) is 0 Å². The quantitative estimate of drug-likeness (QED) is 0.842. The van der Waals surface area contributed by atoms with Crippen molar-refractivity contribution in [3.8, 4) is 0 Å². The SMILES string of the molecule is CCN(Cc1ccncc1)C(=O)C(C)(N)CC. The van der Waals surface area contributed by atoms with Crippen LogP contribution in [0.1, 0.15) is 32.8 Å². The van der Waals surface area contributed by atoms with E-state index in [-0.39, 0.29) is 5.91 Å². The summed E-state index contributed by atoms with van der Waals surface area (Å²) in [5.41, 5.74) is 6.28. The molecule has 2 N–H and O–H groups in total. The average molecular weight is 235 g/mol. The van der Waals surface area contributed by atoms with Crippen molar-refractivity contribution in [2.45, 2.75) is 39.3 Å². The van der Waals surface area contributed by atoms with Crippen molar-refractivity contribution in [2.75, 3.05) is 6.54 Å². The maximum Gasteiger partial charge on any atom is 0.242 e. The predicted octanol–water partition coefficient (Wildman–Crippen LogP) is 1.56. The molecule has 1 unspecified atom stereocenters. The Labute approximate surface area is 103 Å². The first-order valence-electron chi connectivity index (χ1n) is 5.98. The van der Waals surface area contributed by atoms with Crippen LogP contribution in [-0.4, -0.2) is 27.9 Å². The average Bonchev–Trinajstić information content (AvgIpc) is 2.36. The van der Waals surface area contributed by atoms with Crippen molar-refractivity contribution in [3.63, 3.8) is 0 Å². The molecule has 1 aromatic heterocycles. The van der Waals surface area contributed by atoms with Crippen molar-refractivity contribution >= 4 is 5.91 Å². The molecule has 17 heavy (non-hydrogen) atoms. The van der Waals surface area contributed by atoms with Crippen molar-refractivity contribution in [1.82, 2.24) is 9.88 Å². The van der Waals surface area contributed by atoms with Gasteiger partial charge >= 0.3 is 0 Å². The highest BCUT2D eigenvalue weighted by Gasteiger charge is 2.30. The molecule has 0 aromatic carbocycles. The van der Waals surface area contributed by atoms with E-state index in [0.717, 1.165) is 5.56 Å². The lowest BCUT2D eigenvalue weighted by Crippen LogP contribution is -2.52. The molecule has 4 nitrogen and oxygen atoms in total. The Bertz CT molecular complexity index is 362. The standard InChI is InChI=1S/C13H21N3O/c1-4-13(3,14)12(17)16(5-2)10-11-6-8-15-9-7-11/h6-9H,4-5,10,14H2,1-3H3. The lowest BCUT2D eigenvalue weighted by molar-refractivity contribution is -0.137. The summed E-state index contributed by atoms with van der Waals surface area (Å²) in [6, 6.07) is 3.82. The topological polar surface area (TPSA) is 59.2 Å². The van der Waals surface area contributed by atoms with E-state index in [9.17, 15) is 4.79 Å². The Hall–Kier alpha value is -1.42. The fourth-order valence-corrected chi connectivity index (χ4v) is 1.55. The van der Waals surface area contributed by atoms with Crippen LogP contribution in [0.2, 0.25) is 0 Å². The molecular weight excluding hydrogens is 214 g/mol. The van der Waals surface area contributed by atoms with Crippen LogP contribution in [0.5, 0.6) is 0 Å². The van der Waals surface area contributed by atoms with Crippen LogP contribution in [0.3, 0.4) is 0 Å². The third kappa shape index (κ3) is 3.53. The molecule has 1 heterocycles. The molecule has 1 rings (SSSR count). The Morgan fingerprint density at radius 3 is 2.47 bits per heavy atom. The molecular formula is C13H21N3O. The third-order valence-corrected chi connectivity index (χ3v) is 3.01. The molecule has 0 saturated carbocycles. The van der Waals surface area contributed by atoms with Gasteiger partial charge in [-0.1, -0.05) is 6.92 Å². The molecule has 0 bridgehead atoms. The van der Waals surface area contributed by atoms with Gasteiger partial charge in [-0.3, -0.25) is 9.78 Å². The number of hydrogen-bond acceptors (Lipinski definition) is 3. The van der Waals surface area contributed by atoms with Gasteiger partial charge in [0.2, 0.25) is 5.91 Å². The number of carbonyl (C=O) groups is 1. The Morgan fingerprint density at radius 2 is 2.00 bits per heavy atom. The van der Waals surface area contributed by atoms with Crippen LogP contribution in [0.25, 0.3) is 0 Å². The number of amides is 1. The van der Waals surface area contributed by atoms with Gasteiger partial charge in [0.25, 0.3) is 0 Å². The first-order chi connectivity index (χ1) is 8.01. The number of nitrogens with two attached hydrogens (primary N) is 1. The number of rotatable bonds is 5. The summed E-state index contributed by atoms with van der Waals surface area (Å²) in [7, 11) is 0. The van der Waals surface area contributed by atoms with Gasteiger partial charge in [0.05, 0.1) is 5.54 Å². The monoisotopic (exact) mass is 235 g/mol. The molecule has 1 amide bonds. The fourth-order valence-electron chi connectivity index (χ4n) is 1.55. The number of nitrogens with zero attached hydrogens (tertiary/aromatic N) is 2. The largest absolute Gasteiger partial charge is 0.337 e. The minimum atomic E-state index is -0.775. The number of aromatic nitrogens is 1. The zero-order valence-corrected chi connectivity index (χ0v) is 10.8. The van der Waals surface area contributed by atoms with Crippen LogP contribution >= 0.6 is 0 Å². The van der Waals surface area contributed by atoms with Crippen molar-refractivity contribution in [1.29, 1.82) is 0 Å². The molecule has 1 aromatic rings. The molecule has 0 spiro atoms. The molecule has 0 aliphatic carbocycles. The number of carbonyl (C=O) groups excluding carboxylic acids is 1. The highest BCUT2D eigenvalue weighted by Crippen LogP contribution is 2.12. The van der Waals surface area contributed by atoms with Crippen molar-refractivity contribution in [3.05, 3.63) is 30.1 Å². The third-order valence-electron chi connectivity index (χ3n) is 3.01. The van der Waals surface area contributed by atoms with E-state index in [1.54, 1.807) is 24.2 Å². The van der Waals surface area contributed by atoms with Crippen LogP contribution in [0.4, 0.5) is 0 Å². The lowest BCUT2D eigenvalue weighted by atomic mass is 9.98. The number of hydrogen-bond donors (Lipinski definition) is 1. The molecule has 1 atom stereocenters. The maximum atomic E-state index is 12.2. The highest BCUT2D eigenvalue weighted by molar-refractivity contribution is 5.85. The van der Waals surface area contributed by atoms with Gasteiger partial charge in [0, 0.05) is 25.5 Å². The van der Waals surface area contributed by atoms with Crippen molar-refractivity contribution < 1.29 is 4.79 Å². The van der Waals surface area contributed by atoms with Gasteiger partial charge in [-0.25, -0.2) is 0 Å². The van der Waals surface area contributed by atoms with Gasteiger partial charge in [-0.15, -0.1) is 0 Å². The van der Waals surface area contributed by atoms with Crippen LogP contribution in [-0.2, 0) is 11.3 Å².